The minimum absolute atomic E-state index is 0.362. The predicted octanol–water partition coefficient (Wildman–Crippen LogP) is 1.27. The second kappa shape index (κ2) is 4.64. The van der Waals surface area contributed by atoms with Crippen LogP contribution in [0.3, 0.4) is 0 Å². The van der Waals surface area contributed by atoms with E-state index in [0.717, 1.165) is 25.4 Å². The molecule has 1 N–H and O–H groups in total. The molecule has 0 fully saturated rings. The topological polar surface area (TPSA) is 24.5 Å². The summed E-state index contributed by atoms with van der Waals surface area (Å²) in [6.07, 6.45) is 0. The second-order valence-corrected chi connectivity index (χ2v) is 4.16. The van der Waals surface area contributed by atoms with Gasteiger partial charge in [0.15, 0.2) is 0 Å². The molecule has 0 aromatic heterocycles. The van der Waals surface area contributed by atoms with E-state index in [9.17, 15) is 0 Å². The van der Waals surface area contributed by atoms with Crippen molar-refractivity contribution in [2.24, 2.45) is 0 Å². The molecule has 1 aromatic carbocycles. The van der Waals surface area contributed by atoms with Crippen LogP contribution in [0.15, 0.2) is 24.3 Å². The number of hydrogen-bond donors (Lipinski definition) is 1. The first-order chi connectivity index (χ1) is 7.27. The number of fused-ring (bicyclic) bond motifs is 1. The van der Waals surface area contributed by atoms with Crippen molar-refractivity contribution in [1.82, 2.24) is 10.2 Å². The van der Waals surface area contributed by atoms with Crippen LogP contribution in [0.1, 0.15) is 11.6 Å². The van der Waals surface area contributed by atoms with Crippen LogP contribution in [0.25, 0.3) is 0 Å². The van der Waals surface area contributed by atoms with Crippen molar-refractivity contribution in [1.29, 1.82) is 0 Å². The van der Waals surface area contributed by atoms with Crippen LogP contribution < -0.4 is 10.1 Å². The van der Waals surface area contributed by atoms with Gasteiger partial charge in [-0.1, -0.05) is 18.2 Å². The summed E-state index contributed by atoms with van der Waals surface area (Å²) < 4.78 is 5.59. The lowest BCUT2D eigenvalue weighted by atomic mass is 10.1. The third-order valence-corrected chi connectivity index (χ3v) is 2.65. The maximum atomic E-state index is 5.59. The number of nitrogens with zero attached hydrogens (tertiary/aromatic N) is 1. The summed E-state index contributed by atoms with van der Waals surface area (Å²) in [6, 6.07) is 8.61. The summed E-state index contributed by atoms with van der Waals surface area (Å²) in [5, 5.41) is 3.50. The summed E-state index contributed by atoms with van der Waals surface area (Å²) in [5.74, 6) is 1.03. The maximum Gasteiger partial charge on any atom is 0.124 e. The highest BCUT2D eigenvalue weighted by molar-refractivity contribution is 5.39. The largest absolute Gasteiger partial charge is 0.491 e. The van der Waals surface area contributed by atoms with E-state index in [4.69, 9.17) is 4.74 Å². The van der Waals surface area contributed by atoms with Crippen molar-refractivity contribution in [3.63, 3.8) is 0 Å². The van der Waals surface area contributed by atoms with E-state index in [2.05, 4.69) is 36.4 Å². The zero-order valence-electron chi connectivity index (χ0n) is 9.36. The normalized spacial score (nSPS) is 19.0. The zero-order chi connectivity index (χ0) is 10.7. The van der Waals surface area contributed by atoms with Crippen LogP contribution in [0, 0.1) is 0 Å². The molecule has 0 spiro atoms. The van der Waals surface area contributed by atoms with Gasteiger partial charge < -0.3 is 15.0 Å². The fraction of sp³-hybridized carbons (Fsp3) is 0.500. The molecule has 82 valence electrons. The smallest absolute Gasteiger partial charge is 0.124 e. The van der Waals surface area contributed by atoms with Gasteiger partial charge >= 0.3 is 0 Å². The zero-order valence-corrected chi connectivity index (χ0v) is 9.36. The average Bonchev–Trinajstić information content (AvgIpc) is 2.62. The molecule has 0 aliphatic carbocycles. The van der Waals surface area contributed by atoms with Gasteiger partial charge in [0.25, 0.3) is 0 Å². The van der Waals surface area contributed by atoms with Gasteiger partial charge in [-0.3, -0.25) is 0 Å². The van der Waals surface area contributed by atoms with Gasteiger partial charge in [-0.15, -0.1) is 0 Å². The highest BCUT2D eigenvalue weighted by Gasteiger charge is 2.22. The molecule has 1 heterocycles. The minimum atomic E-state index is 0.362. The van der Waals surface area contributed by atoms with Gasteiger partial charge in [-0.2, -0.15) is 0 Å². The van der Waals surface area contributed by atoms with Crippen molar-refractivity contribution in [3.8, 4) is 5.75 Å². The van der Waals surface area contributed by atoms with E-state index < -0.39 is 0 Å². The highest BCUT2D eigenvalue weighted by atomic mass is 16.5. The number of rotatable bonds is 4. The Balaban J connectivity index is 1.90. The molecule has 1 aliphatic heterocycles. The van der Waals surface area contributed by atoms with Crippen molar-refractivity contribution in [2.45, 2.75) is 6.04 Å². The number of nitrogens with one attached hydrogen (secondary N) is 1. The number of benzene rings is 1. The molecular formula is C12H18N2O. The first-order valence-electron chi connectivity index (χ1n) is 5.37. The molecule has 15 heavy (non-hydrogen) atoms. The third-order valence-electron chi connectivity index (χ3n) is 2.65. The van der Waals surface area contributed by atoms with E-state index in [1.807, 2.05) is 12.1 Å². The van der Waals surface area contributed by atoms with Crippen molar-refractivity contribution in [2.75, 3.05) is 33.8 Å². The fourth-order valence-corrected chi connectivity index (χ4v) is 1.79. The van der Waals surface area contributed by atoms with Crippen molar-refractivity contribution >= 4 is 0 Å². The van der Waals surface area contributed by atoms with E-state index in [0.29, 0.717) is 6.04 Å². The lowest BCUT2D eigenvalue weighted by Gasteiger charge is -2.14. The third kappa shape index (κ3) is 2.49. The van der Waals surface area contributed by atoms with Crippen LogP contribution in [0.4, 0.5) is 0 Å². The van der Waals surface area contributed by atoms with Crippen LogP contribution in [-0.4, -0.2) is 38.7 Å². The van der Waals surface area contributed by atoms with Crippen LogP contribution >= 0.6 is 0 Å². The van der Waals surface area contributed by atoms with Gasteiger partial charge in [0.1, 0.15) is 12.4 Å². The molecule has 1 aromatic rings. The molecule has 0 saturated heterocycles. The van der Waals surface area contributed by atoms with Gasteiger partial charge in [-0.05, 0) is 20.2 Å². The van der Waals surface area contributed by atoms with Gasteiger partial charge in [0, 0.05) is 18.7 Å². The first-order valence-corrected chi connectivity index (χ1v) is 5.37. The average molecular weight is 206 g/mol. The van der Waals surface area contributed by atoms with E-state index in [-0.39, 0.29) is 0 Å². The molecule has 0 saturated carbocycles. The Morgan fingerprint density at radius 1 is 1.40 bits per heavy atom. The molecule has 1 atom stereocenters. The van der Waals surface area contributed by atoms with Crippen LogP contribution in [0.2, 0.25) is 0 Å². The Morgan fingerprint density at radius 3 is 3.00 bits per heavy atom. The Kier molecular flexibility index (Phi) is 3.23. The van der Waals surface area contributed by atoms with E-state index >= 15 is 0 Å². The van der Waals surface area contributed by atoms with Gasteiger partial charge in [-0.25, -0.2) is 0 Å². The Morgan fingerprint density at radius 2 is 2.20 bits per heavy atom. The second-order valence-electron chi connectivity index (χ2n) is 4.16. The van der Waals surface area contributed by atoms with E-state index in [1.165, 1.54) is 5.56 Å². The molecule has 3 heteroatoms. The highest BCUT2D eigenvalue weighted by Crippen LogP contribution is 2.31. The summed E-state index contributed by atoms with van der Waals surface area (Å²) in [4.78, 5) is 2.18. The Bertz CT molecular complexity index is 325. The molecule has 1 aliphatic rings. The van der Waals surface area contributed by atoms with Crippen molar-refractivity contribution < 1.29 is 4.74 Å². The van der Waals surface area contributed by atoms with Crippen molar-refractivity contribution in [3.05, 3.63) is 29.8 Å². The number of para-hydroxylation sites is 1. The summed E-state index contributed by atoms with van der Waals surface area (Å²) >= 11 is 0. The lowest BCUT2D eigenvalue weighted by molar-refractivity contribution is 0.303. The Hall–Kier alpha value is -1.06. The molecule has 0 unspecified atom stereocenters. The standard InChI is InChI=1S/C12H18N2O/c1-14(2)8-7-13-11-9-15-12-6-4-3-5-10(11)12/h3-6,11,13H,7-9H2,1-2H3/t11-/m1/s1. The summed E-state index contributed by atoms with van der Waals surface area (Å²) in [7, 11) is 4.17. The number of likely N-dealkylation sites (N-methyl/N-ethyl adjacent to an activating group) is 1. The van der Waals surface area contributed by atoms with Gasteiger partial charge in [0.05, 0.1) is 6.04 Å². The maximum absolute atomic E-state index is 5.59. The fourth-order valence-electron chi connectivity index (χ4n) is 1.79. The SMILES string of the molecule is CN(C)CCN[C@@H]1COc2ccccc21. The van der Waals surface area contributed by atoms with E-state index in [1.54, 1.807) is 0 Å². The summed E-state index contributed by atoms with van der Waals surface area (Å²) in [5.41, 5.74) is 1.29. The molecule has 0 amide bonds. The molecule has 0 bridgehead atoms. The molecule has 0 radical (unpaired) electrons. The lowest BCUT2D eigenvalue weighted by Crippen LogP contribution is -2.30. The Labute approximate surface area is 91.0 Å². The first kappa shape index (κ1) is 10.5. The quantitative estimate of drug-likeness (QED) is 0.803. The minimum Gasteiger partial charge on any atom is -0.491 e. The predicted molar refractivity (Wildman–Crippen MR) is 61.2 cm³/mol. The molecular weight excluding hydrogens is 188 g/mol. The monoisotopic (exact) mass is 206 g/mol. The van der Waals surface area contributed by atoms with Gasteiger partial charge in [0.2, 0.25) is 0 Å². The number of ether oxygens (including phenoxy) is 1. The molecule has 2 rings (SSSR count). The summed E-state index contributed by atoms with van der Waals surface area (Å²) in [6.45, 7) is 2.81. The number of hydrogen-bond acceptors (Lipinski definition) is 3. The van der Waals surface area contributed by atoms with Crippen LogP contribution in [0.5, 0.6) is 5.75 Å². The molecule has 3 nitrogen and oxygen atoms in total. The van der Waals surface area contributed by atoms with Crippen LogP contribution in [-0.2, 0) is 0 Å².